The molecule has 0 bridgehead atoms. The predicted octanol–water partition coefficient (Wildman–Crippen LogP) is 2.78. The van der Waals surface area contributed by atoms with E-state index in [2.05, 4.69) is 10.3 Å². The molecule has 0 aliphatic heterocycles. The summed E-state index contributed by atoms with van der Waals surface area (Å²) in [7, 11) is 2.82. The highest BCUT2D eigenvalue weighted by Gasteiger charge is 2.25. The molecule has 3 aromatic rings. The SMILES string of the molecule is CCC(Sc1nc2sc(C(=O)OC)c(C)c2c(=O)n1N)C(=O)Nc1cccc(OC)c1. The third-order valence-electron chi connectivity index (χ3n) is 4.58. The number of fused-ring (bicyclic) bond motifs is 1. The Hall–Kier alpha value is -3.05. The van der Waals surface area contributed by atoms with E-state index in [0.29, 0.717) is 33.1 Å². The second-order valence-electron chi connectivity index (χ2n) is 6.53. The molecular weight excluding hydrogens is 440 g/mol. The predicted molar refractivity (Wildman–Crippen MR) is 122 cm³/mol. The Kier molecular flexibility index (Phi) is 6.86. The number of methoxy groups -OCH3 is 2. The zero-order valence-corrected chi connectivity index (χ0v) is 19.1. The minimum atomic E-state index is -0.550. The maximum absolute atomic E-state index is 12.8. The van der Waals surface area contributed by atoms with Gasteiger partial charge in [0.15, 0.2) is 5.16 Å². The Morgan fingerprint density at radius 1 is 1.35 bits per heavy atom. The van der Waals surface area contributed by atoms with Gasteiger partial charge in [-0.1, -0.05) is 24.8 Å². The summed E-state index contributed by atoms with van der Waals surface area (Å²) in [6.45, 7) is 3.50. The second kappa shape index (κ2) is 9.40. The number of carbonyl (C=O) groups is 2. The first-order valence-electron chi connectivity index (χ1n) is 9.31. The average Bonchev–Trinajstić information content (AvgIpc) is 3.10. The molecule has 0 saturated heterocycles. The molecule has 0 aliphatic carbocycles. The van der Waals surface area contributed by atoms with Gasteiger partial charge in [0, 0.05) is 11.8 Å². The number of anilines is 1. The number of hydrogen-bond donors (Lipinski definition) is 2. The number of ether oxygens (including phenoxy) is 2. The van der Waals surface area contributed by atoms with Crippen molar-refractivity contribution in [1.82, 2.24) is 9.66 Å². The molecule has 164 valence electrons. The summed E-state index contributed by atoms with van der Waals surface area (Å²) in [5.74, 6) is 5.81. The van der Waals surface area contributed by atoms with E-state index in [1.807, 2.05) is 6.92 Å². The van der Waals surface area contributed by atoms with Gasteiger partial charge in [-0.2, -0.15) is 0 Å². The van der Waals surface area contributed by atoms with Crippen LogP contribution in [0.25, 0.3) is 10.2 Å². The fraction of sp³-hybridized carbons (Fsp3) is 0.300. The summed E-state index contributed by atoms with van der Waals surface area (Å²) in [6.07, 6.45) is 0.477. The van der Waals surface area contributed by atoms with Gasteiger partial charge in [-0.3, -0.25) is 9.59 Å². The minimum Gasteiger partial charge on any atom is -0.497 e. The maximum atomic E-state index is 12.8. The molecule has 9 nitrogen and oxygen atoms in total. The monoisotopic (exact) mass is 462 g/mol. The Morgan fingerprint density at radius 3 is 2.74 bits per heavy atom. The van der Waals surface area contributed by atoms with Crippen LogP contribution in [0, 0.1) is 6.92 Å². The number of aryl methyl sites for hydroxylation is 1. The molecule has 0 aliphatic rings. The van der Waals surface area contributed by atoms with Crippen molar-refractivity contribution in [3.63, 3.8) is 0 Å². The molecule has 1 aromatic carbocycles. The van der Waals surface area contributed by atoms with Gasteiger partial charge >= 0.3 is 5.97 Å². The Balaban J connectivity index is 1.91. The van der Waals surface area contributed by atoms with Gasteiger partial charge in [0.05, 0.1) is 24.9 Å². The summed E-state index contributed by atoms with van der Waals surface area (Å²) in [5, 5.41) is 2.74. The number of carbonyl (C=O) groups excluding carboxylic acids is 2. The number of thioether (sulfide) groups is 1. The summed E-state index contributed by atoms with van der Waals surface area (Å²) >= 11 is 2.15. The number of nitrogens with one attached hydrogen (secondary N) is 1. The third-order valence-corrected chi connectivity index (χ3v) is 7.08. The van der Waals surface area contributed by atoms with Crippen LogP contribution in [-0.2, 0) is 9.53 Å². The Bertz CT molecular complexity index is 1200. The molecular formula is C20H22N4O5S2. The number of hydrogen-bond acceptors (Lipinski definition) is 9. The zero-order chi connectivity index (χ0) is 22.7. The quantitative estimate of drug-likeness (QED) is 0.238. The van der Waals surface area contributed by atoms with E-state index in [9.17, 15) is 14.4 Å². The number of amides is 1. The first kappa shape index (κ1) is 22.6. The summed E-state index contributed by atoms with van der Waals surface area (Å²) in [5.41, 5.74) is 0.580. The molecule has 31 heavy (non-hydrogen) atoms. The summed E-state index contributed by atoms with van der Waals surface area (Å²) < 4.78 is 10.9. The van der Waals surface area contributed by atoms with E-state index in [0.717, 1.165) is 27.8 Å². The van der Waals surface area contributed by atoms with Crippen LogP contribution in [0.5, 0.6) is 5.75 Å². The number of rotatable bonds is 7. The average molecular weight is 463 g/mol. The van der Waals surface area contributed by atoms with Gasteiger partial charge in [-0.15, -0.1) is 11.3 Å². The number of benzene rings is 1. The standard InChI is InChI=1S/C20H22N4O5S2/c1-5-13(16(25)22-11-7-6-8-12(9-11)28-3)30-20-23-17-14(18(26)24(20)21)10(2)15(31-17)19(27)29-4/h6-9,13H,5,21H2,1-4H3,(H,22,25). The number of nitrogens with zero attached hydrogens (tertiary/aromatic N) is 2. The molecule has 0 spiro atoms. The van der Waals surface area contributed by atoms with Crippen LogP contribution in [0.2, 0.25) is 0 Å². The lowest BCUT2D eigenvalue weighted by Crippen LogP contribution is -2.32. The number of nitrogen functional groups attached to an aromatic ring is 1. The smallest absolute Gasteiger partial charge is 0.348 e. The molecule has 3 N–H and O–H groups in total. The van der Waals surface area contributed by atoms with Gasteiger partial charge in [0.1, 0.15) is 15.5 Å². The zero-order valence-electron chi connectivity index (χ0n) is 17.4. The number of esters is 1. The molecule has 0 radical (unpaired) electrons. The lowest BCUT2D eigenvalue weighted by atomic mass is 10.2. The first-order chi connectivity index (χ1) is 14.8. The summed E-state index contributed by atoms with van der Waals surface area (Å²) in [4.78, 5) is 42.7. The fourth-order valence-electron chi connectivity index (χ4n) is 2.92. The van der Waals surface area contributed by atoms with E-state index in [-0.39, 0.29) is 16.4 Å². The van der Waals surface area contributed by atoms with E-state index in [1.54, 1.807) is 38.3 Å². The fourth-order valence-corrected chi connectivity index (χ4v) is 5.00. The van der Waals surface area contributed by atoms with Crippen molar-refractivity contribution in [2.75, 3.05) is 25.4 Å². The van der Waals surface area contributed by atoms with Gasteiger partial charge in [-0.25, -0.2) is 14.5 Å². The maximum Gasteiger partial charge on any atom is 0.348 e. The Morgan fingerprint density at radius 2 is 2.10 bits per heavy atom. The van der Waals surface area contributed by atoms with Crippen LogP contribution < -0.4 is 21.5 Å². The molecule has 11 heteroatoms. The molecule has 0 fully saturated rings. The second-order valence-corrected chi connectivity index (χ2v) is 8.70. The van der Waals surface area contributed by atoms with Gasteiger partial charge in [0.25, 0.3) is 5.56 Å². The lowest BCUT2D eigenvalue weighted by Gasteiger charge is -2.16. The normalized spacial score (nSPS) is 11.9. The Labute approximate surface area is 186 Å². The number of aromatic nitrogens is 2. The van der Waals surface area contributed by atoms with Crippen molar-refractivity contribution >= 4 is 50.9 Å². The van der Waals surface area contributed by atoms with E-state index < -0.39 is 16.8 Å². The third kappa shape index (κ3) is 4.52. The van der Waals surface area contributed by atoms with Crippen molar-refractivity contribution in [3.05, 3.63) is 45.1 Å². The van der Waals surface area contributed by atoms with Crippen molar-refractivity contribution in [2.24, 2.45) is 0 Å². The van der Waals surface area contributed by atoms with Crippen LogP contribution >= 0.6 is 23.1 Å². The van der Waals surface area contributed by atoms with E-state index in [4.69, 9.17) is 15.3 Å². The first-order valence-corrected chi connectivity index (χ1v) is 11.0. The van der Waals surface area contributed by atoms with E-state index in [1.165, 1.54) is 7.11 Å². The number of nitrogens with two attached hydrogens (primary N) is 1. The largest absolute Gasteiger partial charge is 0.497 e. The van der Waals surface area contributed by atoms with E-state index >= 15 is 0 Å². The van der Waals surface area contributed by atoms with Crippen LogP contribution in [-0.4, -0.2) is 41.0 Å². The van der Waals surface area contributed by atoms with Gasteiger partial charge in [-0.05, 0) is 31.0 Å². The van der Waals surface area contributed by atoms with Crippen molar-refractivity contribution in [2.45, 2.75) is 30.7 Å². The van der Waals surface area contributed by atoms with Crippen molar-refractivity contribution in [1.29, 1.82) is 0 Å². The van der Waals surface area contributed by atoms with Gasteiger partial charge in [0.2, 0.25) is 5.91 Å². The molecule has 2 heterocycles. The van der Waals surface area contributed by atoms with Crippen LogP contribution in [0.1, 0.15) is 28.6 Å². The highest BCUT2D eigenvalue weighted by atomic mass is 32.2. The van der Waals surface area contributed by atoms with Crippen LogP contribution in [0.3, 0.4) is 0 Å². The molecule has 1 atom stereocenters. The van der Waals surface area contributed by atoms with Crippen molar-refractivity contribution < 1.29 is 19.1 Å². The molecule has 3 rings (SSSR count). The number of thiophene rings is 1. The highest BCUT2D eigenvalue weighted by molar-refractivity contribution is 8.00. The molecule has 2 aromatic heterocycles. The van der Waals surface area contributed by atoms with Gasteiger partial charge < -0.3 is 20.6 Å². The van der Waals surface area contributed by atoms with Crippen molar-refractivity contribution in [3.8, 4) is 5.75 Å². The summed E-state index contributed by atoms with van der Waals surface area (Å²) in [6, 6.07) is 7.01. The molecule has 1 unspecified atom stereocenters. The topological polar surface area (TPSA) is 126 Å². The lowest BCUT2D eigenvalue weighted by molar-refractivity contribution is -0.115. The van der Waals surface area contributed by atoms with Crippen LogP contribution in [0.15, 0.2) is 34.2 Å². The molecule has 1 amide bonds. The minimum absolute atomic E-state index is 0.183. The molecule has 0 saturated carbocycles. The van der Waals surface area contributed by atoms with Crippen LogP contribution in [0.4, 0.5) is 5.69 Å². The highest BCUT2D eigenvalue weighted by Crippen LogP contribution is 2.31.